The van der Waals surface area contributed by atoms with E-state index >= 15 is 0 Å². The van der Waals surface area contributed by atoms with Crippen LogP contribution in [0.5, 0.6) is 0 Å². The number of carbonyl (C=O) groups is 1. The van der Waals surface area contributed by atoms with Crippen LogP contribution in [-0.2, 0) is 11.8 Å². The van der Waals surface area contributed by atoms with Crippen LogP contribution in [0, 0.1) is 5.92 Å². The molecule has 0 radical (unpaired) electrons. The molecule has 0 N–H and O–H groups in total. The Morgan fingerprint density at radius 1 is 1.06 bits per heavy atom. The Morgan fingerprint density at radius 2 is 1.85 bits per heavy atom. The minimum absolute atomic E-state index is 0.141. The number of aryl methyl sites for hydroxylation is 1. The van der Waals surface area contributed by atoms with Gasteiger partial charge in [-0.2, -0.15) is 10.2 Å². The highest BCUT2D eigenvalue weighted by molar-refractivity contribution is 9.10. The molecule has 1 atom stereocenters. The van der Waals surface area contributed by atoms with Crippen LogP contribution >= 0.6 is 15.9 Å². The van der Waals surface area contributed by atoms with Gasteiger partial charge in [-0.3, -0.25) is 9.48 Å². The standard InChI is InChI=1S/C25H26BrN7O/c1-4-17(2)25(34)32-9-7-31(8-10-32)23-6-5-18(12-27-23)21-11-19(20-13-28-30(3)15-20)16-33-24(21)22(26)14-29-33/h4-6,11-17H,1,7-10H2,2-3H3. The molecule has 0 aromatic carbocycles. The molecule has 1 unspecified atom stereocenters. The molecule has 8 nitrogen and oxygen atoms in total. The minimum Gasteiger partial charge on any atom is -0.353 e. The Morgan fingerprint density at radius 3 is 2.50 bits per heavy atom. The van der Waals surface area contributed by atoms with Crippen LogP contribution in [0.15, 0.2) is 66.3 Å². The number of nitrogens with zero attached hydrogens (tertiary/aromatic N) is 7. The molecule has 5 heterocycles. The highest BCUT2D eigenvalue weighted by Crippen LogP contribution is 2.34. The van der Waals surface area contributed by atoms with Gasteiger partial charge >= 0.3 is 0 Å². The monoisotopic (exact) mass is 519 g/mol. The molecule has 9 heteroatoms. The molecule has 5 rings (SSSR count). The lowest BCUT2D eigenvalue weighted by Gasteiger charge is -2.36. The largest absolute Gasteiger partial charge is 0.353 e. The summed E-state index contributed by atoms with van der Waals surface area (Å²) in [7, 11) is 1.91. The van der Waals surface area contributed by atoms with E-state index < -0.39 is 0 Å². The number of amides is 1. The van der Waals surface area contributed by atoms with Gasteiger partial charge in [0.2, 0.25) is 5.91 Å². The van der Waals surface area contributed by atoms with E-state index in [1.54, 1.807) is 10.8 Å². The van der Waals surface area contributed by atoms with Crippen molar-refractivity contribution in [3.05, 3.63) is 66.3 Å². The summed E-state index contributed by atoms with van der Waals surface area (Å²) in [4.78, 5) is 21.3. The van der Waals surface area contributed by atoms with Crippen molar-refractivity contribution < 1.29 is 4.79 Å². The van der Waals surface area contributed by atoms with E-state index in [9.17, 15) is 4.79 Å². The average Bonchev–Trinajstić information content (AvgIpc) is 3.48. The van der Waals surface area contributed by atoms with Crippen LogP contribution in [0.2, 0.25) is 0 Å². The van der Waals surface area contributed by atoms with Gasteiger partial charge < -0.3 is 9.80 Å². The zero-order valence-corrected chi connectivity index (χ0v) is 20.8. The predicted molar refractivity (Wildman–Crippen MR) is 136 cm³/mol. The number of halogens is 1. The maximum Gasteiger partial charge on any atom is 0.229 e. The van der Waals surface area contributed by atoms with Crippen LogP contribution < -0.4 is 4.90 Å². The Bertz CT molecular complexity index is 1350. The van der Waals surface area contributed by atoms with Crippen molar-refractivity contribution in [2.75, 3.05) is 31.1 Å². The fraction of sp³-hybridized carbons (Fsp3) is 0.280. The molecule has 1 fully saturated rings. The number of rotatable bonds is 5. The molecule has 0 saturated carbocycles. The summed E-state index contributed by atoms with van der Waals surface area (Å²) >= 11 is 3.64. The van der Waals surface area contributed by atoms with Crippen molar-refractivity contribution in [1.82, 2.24) is 29.3 Å². The third-order valence-corrected chi connectivity index (χ3v) is 6.90. The van der Waals surface area contributed by atoms with Gasteiger partial charge in [-0.25, -0.2) is 9.50 Å². The number of hydrogen-bond acceptors (Lipinski definition) is 5. The Labute approximate surface area is 206 Å². The highest BCUT2D eigenvalue weighted by Gasteiger charge is 2.24. The number of hydrogen-bond donors (Lipinski definition) is 0. The molecule has 4 aromatic rings. The molecule has 0 spiro atoms. The number of piperazine rings is 1. The van der Waals surface area contributed by atoms with Crippen LogP contribution in [0.1, 0.15) is 6.92 Å². The summed E-state index contributed by atoms with van der Waals surface area (Å²) in [5.74, 6) is 0.910. The average molecular weight is 520 g/mol. The Kier molecular flexibility index (Phi) is 5.95. The highest BCUT2D eigenvalue weighted by atomic mass is 79.9. The molecule has 1 aliphatic heterocycles. The first-order valence-electron chi connectivity index (χ1n) is 11.2. The van der Waals surface area contributed by atoms with Gasteiger partial charge in [-0.05, 0) is 34.1 Å². The molecule has 1 saturated heterocycles. The number of carbonyl (C=O) groups excluding carboxylic acids is 1. The number of pyridine rings is 2. The fourth-order valence-electron chi connectivity index (χ4n) is 4.31. The van der Waals surface area contributed by atoms with Gasteiger partial charge in [-0.15, -0.1) is 6.58 Å². The zero-order valence-electron chi connectivity index (χ0n) is 19.2. The molecular weight excluding hydrogens is 494 g/mol. The summed E-state index contributed by atoms with van der Waals surface area (Å²) in [5.41, 5.74) is 5.10. The van der Waals surface area contributed by atoms with Gasteiger partial charge in [0.15, 0.2) is 0 Å². The summed E-state index contributed by atoms with van der Waals surface area (Å²) < 4.78 is 4.61. The number of fused-ring (bicyclic) bond motifs is 1. The van der Waals surface area contributed by atoms with E-state index in [0.29, 0.717) is 13.1 Å². The van der Waals surface area contributed by atoms with E-state index in [1.807, 2.05) is 54.4 Å². The van der Waals surface area contributed by atoms with E-state index in [1.165, 1.54) is 0 Å². The lowest BCUT2D eigenvalue weighted by Crippen LogP contribution is -2.50. The van der Waals surface area contributed by atoms with Gasteiger partial charge in [-0.1, -0.05) is 13.0 Å². The lowest BCUT2D eigenvalue weighted by molar-refractivity contribution is -0.133. The quantitative estimate of drug-likeness (QED) is 0.372. The first-order valence-corrected chi connectivity index (χ1v) is 12.0. The summed E-state index contributed by atoms with van der Waals surface area (Å²) in [6.45, 7) is 8.53. The van der Waals surface area contributed by atoms with Crippen LogP contribution in [0.3, 0.4) is 0 Å². The van der Waals surface area contributed by atoms with Gasteiger partial charge in [0.25, 0.3) is 0 Å². The zero-order chi connectivity index (χ0) is 23.8. The molecule has 0 aliphatic carbocycles. The Balaban J connectivity index is 1.41. The van der Waals surface area contributed by atoms with E-state index in [4.69, 9.17) is 4.98 Å². The maximum absolute atomic E-state index is 12.4. The van der Waals surface area contributed by atoms with Crippen LogP contribution in [0.4, 0.5) is 5.82 Å². The second-order valence-corrected chi connectivity index (χ2v) is 9.43. The third-order valence-electron chi connectivity index (χ3n) is 6.32. The van der Waals surface area contributed by atoms with Gasteiger partial charge in [0.05, 0.1) is 28.3 Å². The molecule has 174 valence electrons. The maximum atomic E-state index is 12.4. The topological polar surface area (TPSA) is 71.6 Å². The van der Waals surface area contributed by atoms with Gasteiger partial charge in [0.1, 0.15) is 5.82 Å². The summed E-state index contributed by atoms with van der Waals surface area (Å²) in [6, 6.07) is 6.30. The van der Waals surface area contributed by atoms with Crippen molar-refractivity contribution in [1.29, 1.82) is 0 Å². The Hall–Kier alpha value is -3.46. The number of anilines is 1. The molecule has 4 aromatic heterocycles. The van der Waals surface area contributed by atoms with Crippen molar-refractivity contribution in [3.63, 3.8) is 0 Å². The smallest absolute Gasteiger partial charge is 0.229 e. The number of aromatic nitrogens is 5. The van der Waals surface area contributed by atoms with E-state index in [2.05, 4.69) is 55.8 Å². The SMILES string of the molecule is C=CC(C)C(=O)N1CCN(c2ccc(-c3cc(-c4cnn(C)c4)cn4ncc(Br)c34)cn2)CC1. The summed E-state index contributed by atoms with van der Waals surface area (Å²) in [5, 5.41) is 8.81. The van der Waals surface area contributed by atoms with Crippen LogP contribution in [-0.4, -0.2) is 61.4 Å². The van der Waals surface area contributed by atoms with E-state index in [-0.39, 0.29) is 11.8 Å². The first-order chi connectivity index (χ1) is 16.4. The molecule has 0 bridgehead atoms. The molecule has 1 aliphatic rings. The molecule has 1 amide bonds. The van der Waals surface area contributed by atoms with Crippen molar-refractivity contribution in [3.8, 4) is 22.3 Å². The van der Waals surface area contributed by atoms with E-state index in [0.717, 1.165) is 51.2 Å². The van der Waals surface area contributed by atoms with Crippen molar-refractivity contribution in [2.24, 2.45) is 13.0 Å². The second kappa shape index (κ2) is 9.06. The molecule has 34 heavy (non-hydrogen) atoms. The normalized spacial score (nSPS) is 15.0. The second-order valence-electron chi connectivity index (χ2n) is 8.57. The lowest BCUT2D eigenvalue weighted by atomic mass is 10.0. The van der Waals surface area contributed by atoms with Crippen LogP contribution in [0.25, 0.3) is 27.8 Å². The fourth-order valence-corrected chi connectivity index (χ4v) is 4.80. The summed E-state index contributed by atoms with van der Waals surface area (Å²) in [6.07, 6.45) is 11.3. The van der Waals surface area contributed by atoms with Crippen molar-refractivity contribution in [2.45, 2.75) is 6.92 Å². The molecular formula is C25H26BrN7O. The first kappa shape index (κ1) is 22.3. The van der Waals surface area contributed by atoms with Crippen molar-refractivity contribution >= 4 is 33.2 Å². The predicted octanol–water partition coefficient (Wildman–Crippen LogP) is 4.03. The minimum atomic E-state index is -0.147. The third kappa shape index (κ3) is 4.11. The van der Waals surface area contributed by atoms with Gasteiger partial charge in [0, 0.05) is 74.1 Å².